The summed E-state index contributed by atoms with van der Waals surface area (Å²) in [6.45, 7) is 11.6. The number of terminal acetylenes is 1. The molecule has 2 aromatic heterocycles. The van der Waals surface area contributed by atoms with E-state index in [2.05, 4.69) is 32.0 Å². The average molecular weight is 784 g/mol. The molecule has 0 radical (unpaired) electrons. The lowest BCUT2D eigenvalue weighted by Crippen LogP contribution is -2.50. The highest BCUT2D eigenvalue weighted by molar-refractivity contribution is 6.06. The van der Waals surface area contributed by atoms with Crippen molar-refractivity contribution in [2.45, 2.75) is 108 Å². The molecular weight excluding hydrogens is 734 g/mol. The van der Waals surface area contributed by atoms with Gasteiger partial charge in [-0.05, 0) is 133 Å². The van der Waals surface area contributed by atoms with Gasteiger partial charge in [-0.1, -0.05) is 18.1 Å². The maximum Gasteiger partial charge on any atom is 0.410 e. The van der Waals surface area contributed by atoms with Crippen LogP contribution in [0, 0.1) is 25.1 Å². The molecule has 5 aromatic rings. The highest BCUT2D eigenvalue weighted by Gasteiger charge is 2.49. The number of rotatable bonds is 9. The van der Waals surface area contributed by atoms with E-state index in [0.29, 0.717) is 48.1 Å². The maximum atomic E-state index is 15.9. The Kier molecular flexibility index (Phi) is 8.82. The van der Waals surface area contributed by atoms with Crippen molar-refractivity contribution in [3.05, 3.63) is 70.7 Å². The molecule has 4 saturated heterocycles. The van der Waals surface area contributed by atoms with Gasteiger partial charge in [0.05, 0.1) is 29.3 Å². The van der Waals surface area contributed by atoms with Crippen LogP contribution in [0.15, 0.2) is 42.6 Å². The zero-order valence-electron chi connectivity index (χ0n) is 33.7. The van der Waals surface area contributed by atoms with Crippen LogP contribution in [0.2, 0.25) is 0 Å². The number of hydrogen-bond acceptors (Lipinski definition) is 9. The molecule has 4 aliphatic heterocycles. The van der Waals surface area contributed by atoms with E-state index in [1.165, 1.54) is 6.07 Å². The summed E-state index contributed by atoms with van der Waals surface area (Å²) in [7, 11) is 0. The number of aromatic nitrogens is 4. The number of amides is 1. The van der Waals surface area contributed by atoms with Crippen LogP contribution in [0.25, 0.3) is 32.9 Å². The Balaban J connectivity index is 1.15. The first-order valence-corrected chi connectivity index (χ1v) is 20.8. The van der Waals surface area contributed by atoms with Crippen LogP contribution in [-0.4, -0.2) is 92.1 Å². The summed E-state index contributed by atoms with van der Waals surface area (Å²) in [5.74, 6) is 3.95. The molecule has 0 spiro atoms. The zero-order valence-corrected chi connectivity index (χ0v) is 33.7. The van der Waals surface area contributed by atoms with E-state index in [4.69, 9.17) is 30.6 Å². The molecule has 3 aromatic carbocycles. The molecule has 10 rings (SSSR count). The van der Waals surface area contributed by atoms with Gasteiger partial charge in [0.2, 0.25) is 0 Å². The molecule has 6 heterocycles. The number of carbonyl (C=O) groups is 1. The van der Waals surface area contributed by atoms with Crippen LogP contribution in [0.3, 0.4) is 0 Å². The standard InChI is InChI=1S/C46H50FN7O4/c1-6-28-9-11-29(12-10-28)25-56-41-39(38-27(2)36(47)21-37-35(38)22-48-51-37)33(30-13-14-30)20-34-40(41)49-43(57-26-46-15-7-17-52(46)18-8-16-46)50-42(34)53-23-32-19-31(53)24-54(32)44(55)58-45(3,4)5/h1,9-12,20-22,30-32H,7-8,13-19,23-26H2,2-5H3,(H,48,51)/t31-,32-/m0/s1. The largest absolute Gasteiger partial charge is 0.486 e. The Morgan fingerprint density at radius 2 is 1.79 bits per heavy atom. The van der Waals surface area contributed by atoms with Gasteiger partial charge in [-0.3, -0.25) is 10.00 Å². The molecule has 1 aliphatic carbocycles. The number of hydrogen-bond donors (Lipinski definition) is 1. The molecule has 1 saturated carbocycles. The van der Waals surface area contributed by atoms with Crippen molar-refractivity contribution in [2.75, 3.05) is 37.7 Å². The van der Waals surface area contributed by atoms with Crippen molar-refractivity contribution < 1.29 is 23.4 Å². The van der Waals surface area contributed by atoms with Crippen molar-refractivity contribution in [3.8, 4) is 35.2 Å². The van der Waals surface area contributed by atoms with Gasteiger partial charge in [0.15, 0.2) is 5.75 Å². The van der Waals surface area contributed by atoms with E-state index in [1.807, 2.05) is 56.9 Å². The second-order valence-corrected chi connectivity index (χ2v) is 18.0. The zero-order chi connectivity index (χ0) is 39.9. The lowest BCUT2D eigenvalue weighted by atomic mass is 9.88. The van der Waals surface area contributed by atoms with Crippen LogP contribution >= 0.6 is 0 Å². The molecule has 2 atom stereocenters. The smallest absolute Gasteiger partial charge is 0.410 e. The minimum absolute atomic E-state index is 0.0183. The molecule has 5 fully saturated rings. The first-order chi connectivity index (χ1) is 28.0. The SMILES string of the molecule is C#Cc1ccc(COc2c(-c3c(C)c(F)cc4[nH]ncc34)c(C3CC3)cc3c(N4C[C@@H]5C[C@H]4CN5C(=O)OC(C)(C)C)nc(OCC45CCCN4CCC5)nc23)cc1. The number of piperazine rings is 1. The summed E-state index contributed by atoms with van der Waals surface area (Å²) in [5.41, 5.74) is 5.51. The normalized spacial score (nSPS) is 21.2. The Bertz CT molecular complexity index is 2470. The number of nitrogens with zero attached hydrogens (tertiary/aromatic N) is 6. The van der Waals surface area contributed by atoms with Gasteiger partial charge in [0.25, 0.3) is 0 Å². The Morgan fingerprint density at radius 1 is 1.02 bits per heavy atom. The first-order valence-electron chi connectivity index (χ1n) is 20.8. The molecule has 0 unspecified atom stereocenters. The summed E-state index contributed by atoms with van der Waals surface area (Å²) in [6, 6.07) is 11.8. The number of carbonyl (C=O) groups excluding carboxylic acids is 1. The fourth-order valence-electron chi connectivity index (χ4n) is 10.1. The predicted molar refractivity (Wildman–Crippen MR) is 221 cm³/mol. The fourth-order valence-corrected chi connectivity index (χ4v) is 10.1. The van der Waals surface area contributed by atoms with Crippen LogP contribution in [0.1, 0.15) is 93.9 Å². The number of nitrogens with one attached hydrogen (secondary N) is 1. The number of benzene rings is 3. The van der Waals surface area contributed by atoms with Crippen LogP contribution in [-0.2, 0) is 11.3 Å². The molecule has 58 heavy (non-hydrogen) atoms. The fraction of sp³-hybridized carbons (Fsp3) is 0.478. The minimum Gasteiger partial charge on any atom is -0.486 e. The van der Waals surface area contributed by atoms with Gasteiger partial charge >= 0.3 is 12.1 Å². The van der Waals surface area contributed by atoms with Gasteiger partial charge in [0.1, 0.15) is 36.0 Å². The lowest BCUT2D eigenvalue weighted by molar-refractivity contribution is 0.0214. The number of ether oxygens (including phenoxy) is 3. The van der Waals surface area contributed by atoms with Crippen molar-refractivity contribution in [2.24, 2.45) is 0 Å². The van der Waals surface area contributed by atoms with Crippen LogP contribution in [0.5, 0.6) is 11.8 Å². The maximum absolute atomic E-state index is 15.9. The quantitative estimate of drug-likeness (QED) is 0.148. The molecular formula is C46H50FN7O4. The topological polar surface area (TPSA) is 109 Å². The molecule has 5 aliphatic rings. The molecule has 11 nitrogen and oxygen atoms in total. The number of fused-ring (bicyclic) bond motifs is 5. The minimum atomic E-state index is -0.583. The number of H-pyrrole nitrogens is 1. The molecule has 2 bridgehead atoms. The summed E-state index contributed by atoms with van der Waals surface area (Å²) in [6.07, 6.45) is 14.5. The third-order valence-corrected chi connectivity index (χ3v) is 13.1. The monoisotopic (exact) mass is 783 g/mol. The Hall–Kier alpha value is -5.41. The first kappa shape index (κ1) is 36.9. The third kappa shape index (κ3) is 6.38. The van der Waals surface area contributed by atoms with Crippen LogP contribution < -0.4 is 14.4 Å². The highest BCUT2D eigenvalue weighted by atomic mass is 19.1. The van der Waals surface area contributed by atoms with Gasteiger partial charge in [-0.25, -0.2) is 9.18 Å². The van der Waals surface area contributed by atoms with E-state index in [-0.39, 0.29) is 42.1 Å². The van der Waals surface area contributed by atoms with E-state index in [0.717, 1.165) is 102 Å². The number of aromatic amines is 1. The van der Waals surface area contributed by atoms with E-state index >= 15 is 4.39 Å². The van der Waals surface area contributed by atoms with Crippen molar-refractivity contribution in [1.82, 2.24) is 30.0 Å². The molecule has 1 N–H and O–H groups in total. The predicted octanol–water partition coefficient (Wildman–Crippen LogP) is 8.26. The number of halogens is 1. The van der Waals surface area contributed by atoms with Gasteiger partial charge in [-0.2, -0.15) is 15.1 Å². The highest BCUT2D eigenvalue weighted by Crippen LogP contribution is 2.54. The summed E-state index contributed by atoms with van der Waals surface area (Å²) in [5, 5.41) is 9.02. The second-order valence-electron chi connectivity index (χ2n) is 18.0. The lowest BCUT2D eigenvalue weighted by Gasteiger charge is -2.36. The van der Waals surface area contributed by atoms with Gasteiger partial charge in [0, 0.05) is 40.6 Å². The van der Waals surface area contributed by atoms with Crippen LogP contribution in [0.4, 0.5) is 15.0 Å². The summed E-state index contributed by atoms with van der Waals surface area (Å²) < 4.78 is 35.5. The number of likely N-dealkylation sites (tertiary alicyclic amines) is 1. The Morgan fingerprint density at radius 3 is 2.48 bits per heavy atom. The van der Waals surface area contributed by atoms with Crippen molar-refractivity contribution in [3.63, 3.8) is 0 Å². The average Bonchev–Trinajstić information content (AvgIpc) is 3.61. The van der Waals surface area contributed by atoms with E-state index in [1.54, 1.807) is 6.20 Å². The van der Waals surface area contributed by atoms with E-state index < -0.39 is 5.60 Å². The molecule has 300 valence electrons. The van der Waals surface area contributed by atoms with Gasteiger partial charge in [-0.15, -0.1) is 6.42 Å². The van der Waals surface area contributed by atoms with E-state index in [9.17, 15) is 4.79 Å². The number of anilines is 1. The molecule has 12 heteroatoms. The molecule has 1 amide bonds. The van der Waals surface area contributed by atoms with Crippen molar-refractivity contribution in [1.29, 1.82) is 0 Å². The summed E-state index contributed by atoms with van der Waals surface area (Å²) >= 11 is 0. The van der Waals surface area contributed by atoms with Crippen molar-refractivity contribution >= 4 is 33.7 Å². The summed E-state index contributed by atoms with van der Waals surface area (Å²) in [4.78, 5) is 30.6. The Labute approximate surface area is 338 Å². The second kappa shape index (κ2) is 13.9. The van der Waals surface area contributed by atoms with Gasteiger partial charge < -0.3 is 24.0 Å². The third-order valence-electron chi connectivity index (χ3n) is 13.1.